The van der Waals surface area contributed by atoms with Gasteiger partial charge in [-0.3, -0.25) is 9.59 Å². The SMILES string of the molecule is O=C(N[C@H]1CCN(c2ccc3ncc(C(=O)NCC(F)(F)F)n3n2)C1)c1cc(Cl)cc(Cl)c1O. The van der Waals surface area contributed by atoms with Gasteiger partial charge in [0.2, 0.25) is 0 Å². The minimum atomic E-state index is -4.54. The summed E-state index contributed by atoms with van der Waals surface area (Å²) in [5, 5.41) is 19.2. The Morgan fingerprint density at radius 1 is 1.21 bits per heavy atom. The third-order valence-electron chi connectivity index (χ3n) is 5.15. The number of imidazole rings is 1. The molecule has 180 valence electrons. The van der Waals surface area contributed by atoms with Gasteiger partial charge in [0.15, 0.2) is 11.3 Å². The fourth-order valence-corrected chi connectivity index (χ4v) is 4.04. The van der Waals surface area contributed by atoms with E-state index in [0.717, 1.165) is 6.20 Å². The minimum absolute atomic E-state index is 0.0430. The number of phenols is 1. The predicted molar refractivity (Wildman–Crippen MR) is 118 cm³/mol. The van der Waals surface area contributed by atoms with Crippen molar-refractivity contribution in [1.29, 1.82) is 0 Å². The number of nitrogens with one attached hydrogen (secondary N) is 2. The average molecular weight is 517 g/mol. The molecule has 1 fully saturated rings. The molecule has 3 N–H and O–H groups in total. The van der Waals surface area contributed by atoms with Crippen LogP contribution in [0.2, 0.25) is 10.0 Å². The molecule has 2 amide bonds. The molecule has 1 aliphatic rings. The summed E-state index contributed by atoms with van der Waals surface area (Å²) in [6.45, 7) is -0.598. The Balaban J connectivity index is 1.46. The molecule has 0 spiro atoms. The molecule has 2 aromatic heterocycles. The summed E-state index contributed by atoms with van der Waals surface area (Å²) in [7, 11) is 0. The van der Waals surface area contributed by atoms with Gasteiger partial charge in [-0.25, -0.2) is 9.50 Å². The van der Waals surface area contributed by atoms with Crippen molar-refractivity contribution in [1.82, 2.24) is 25.2 Å². The van der Waals surface area contributed by atoms with E-state index in [4.69, 9.17) is 23.2 Å². The molecule has 14 heteroatoms. The number of aromatic hydroxyl groups is 1. The Hall–Kier alpha value is -3.25. The van der Waals surface area contributed by atoms with Crippen LogP contribution >= 0.6 is 23.2 Å². The van der Waals surface area contributed by atoms with Crippen LogP contribution in [0.5, 0.6) is 5.75 Å². The lowest BCUT2D eigenvalue weighted by Crippen LogP contribution is -2.37. The normalized spacial score (nSPS) is 16.1. The number of carbonyl (C=O) groups excluding carboxylic acids is 2. The van der Waals surface area contributed by atoms with Crippen molar-refractivity contribution >= 4 is 46.5 Å². The lowest BCUT2D eigenvalue weighted by atomic mass is 10.1. The molecule has 0 aliphatic carbocycles. The zero-order chi connectivity index (χ0) is 24.6. The molecule has 0 unspecified atom stereocenters. The highest BCUT2D eigenvalue weighted by molar-refractivity contribution is 6.36. The highest BCUT2D eigenvalue weighted by Crippen LogP contribution is 2.31. The molecule has 9 nitrogen and oxygen atoms in total. The maximum Gasteiger partial charge on any atom is 0.405 e. The van der Waals surface area contributed by atoms with Crippen molar-refractivity contribution in [2.45, 2.75) is 18.6 Å². The van der Waals surface area contributed by atoms with Gasteiger partial charge in [0.25, 0.3) is 11.8 Å². The summed E-state index contributed by atoms with van der Waals surface area (Å²) in [5.41, 5.74) is 0.0974. The van der Waals surface area contributed by atoms with Gasteiger partial charge in [-0.1, -0.05) is 23.2 Å². The largest absolute Gasteiger partial charge is 0.506 e. The number of carbonyl (C=O) groups is 2. The Morgan fingerprint density at radius 2 is 1.97 bits per heavy atom. The van der Waals surface area contributed by atoms with Gasteiger partial charge in [0.1, 0.15) is 18.1 Å². The molecule has 4 rings (SSSR count). The zero-order valence-corrected chi connectivity index (χ0v) is 18.7. The van der Waals surface area contributed by atoms with Gasteiger partial charge in [-0.15, -0.1) is 5.10 Å². The molecule has 3 aromatic rings. The molecule has 3 heterocycles. The quantitative estimate of drug-likeness (QED) is 0.480. The summed E-state index contributed by atoms with van der Waals surface area (Å²) in [4.78, 5) is 30.6. The maximum absolute atomic E-state index is 12.6. The fraction of sp³-hybridized carbons (Fsp3) is 0.300. The number of halogens is 5. The maximum atomic E-state index is 12.6. The van der Waals surface area contributed by atoms with Crippen LogP contribution in [0.1, 0.15) is 27.3 Å². The first kappa shape index (κ1) is 23.9. The fourth-order valence-electron chi connectivity index (χ4n) is 3.55. The Kier molecular flexibility index (Phi) is 6.45. The molecule has 1 aromatic carbocycles. The average Bonchev–Trinajstić information content (AvgIpc) is 3.40. The van der Waals surface area contributed by atoms with Crippen molar-refractivity contribution in [2.24, 2.45) is 0 Å². The van der Waals surface area contributed by atoms with E-state index in [1.807, 2.05) is 4.90 Å². The van der Waals surface area contributed by atoms with E-state index in [-0.39, 0.29) is 33.1 Å². The molecule has 1 aliphatic heterocycles. The highest BCUT2D eigenvalue weighted by atomic mass is 35.5. The van der Waals surface area contributed by atoms with Crippen molar-refractivity contribution < 1.29 is 27.9 Å². The lowest BCUT2D eigenvalue weighted by Gasteiger charge is -2.18. The smallest absolute Gasteiger partial charge is 0.405 e. The third-order valence-corrected chi connectivity index (χ3v) is 5.66. The first-order chi connectivity index (χ1) is 16.0. The van der Waals surface area contributed by atoms with Gasteiger partial charge in [0, 0.05) is 24.2 Å². The first-order valence-corrected chi connectivity index (χ1v) is 10.7. The Morgan fingerprint density at radius 3 is 2.71 bits per heavy atom. The topological polar surface area (TPSA) is 112 Å². The molecular weight excluding hydrogens is 500 g/mol. The van der Waals surface area contributed by atoms with Crippen LogP contribution in [-0.2, 0) is 0 Å². The molecule has 1 atom stereocenters. The lowest BCUT2D eigenvalue weighted by molar-refractivity contribution is -0.123. The second-order valence-corrected chi connectivity index (χ2v) is 8.44. The van der Waals surface area contributed by atoms with Gasteiger partial charge in [-0.05, 0) is 30.7 Å². The van der Waals surface area contributed by atoms with E-state index < -0.39 is 24.5 Å². The molecular formula is C20H17Cl2F3N6O3. The van der Waals surface area contributed by atoms with Crippen LogP contribution in [0.15, 0.2) is 30.5 Å². The number of rotatable bonds is 5. The number of aromatic nitrogens is 3. The van der Waals surface area contributed by atoms with Crippen molar-refractivity contribution in [3.05, 3.63) is 51.8 Å². The van der Waals surface area contributed by atoms with Crippen LogP contribution < -0.4 is 15.5 Å². The van der Waals surface area contributed by atoms with Crippen LogP contribution in [-0.4, -0.2) is 63.4 Å². The van der Waals surface area contributed by atoms with Crippen molar-refractivity contribution in [2.75, 3.05) is 24.5 Å². The Bertz CT molecular complexity index is 1270. The highest BCUT2D eigenvalue weighted by Gasteiger charge is 2.29. The van der Waals surface area contributed by atoms with E-state index >= 15 is 0 Å². The van der Waals surface area contributed by atoms with Crippen molar-refractivity contribution in [3.8, 4) is 5.75 Å². The number of phenolic OH excluding ortho intramolecular Hbond substituents is 1. The van der Waals surface area contributed by atoms with Gasteiger partial charge < -0.3 is 20.6 Å². The number of hydrogen-bond acceptors (Lipinski definition) is 6. The summed E-state index contributed by atoms with van der Waals surface area (Å²) in [6, 6.07) is 5.58. The molecule has 34 heavy (non-hydrogen) atoms. The van der Waals surface area contributed by atoms with Crippen LogP contribution in [0.3, 0.4) is 0 Å². The molecule has 0 saturated carbocycles. The van der Waals surface area contributed by atoms with E-state index in [2.05, 4.69) is 15.4 Å². The zero-order valence-electron chi connectivity index (χ0n) is 17.2. The molecule has 1 saturated heterocycles. The second-order valence-electron chi connectivity index (χ2n) is 7.59. The number of benzene rings is 1. The second kappa shape index (κ2) is 9.18. The molecule has 0 bridgehead atoms. The van der Waals surface area contributed by atoms with E-state index in [1.165, 1.54) is 16.6 Å². The summed E-state index contributed by atoms with van der Waals surface area (Å²) in [6.07, 6.45) is -2.84. The third kappa shape index (κ3) is 5.12. The minimum Gasteiger partial charge on any atom is -0.506 e. The summed E-state index contributed by atoms with van der Waals surface area (Å²) >= 11 is 11.8. The van der Waals surface area contributed by atoms with Gasteiger partial charge in [-0.2, -0.15) is 13.2 Å². The van der Waals surface area contributed by atoms with Gasteiger partial charge in [0.05, 0.1) is 16.8 Å². The van der Waals surface area contributed by atoms with Crippen molar-refractivity contribution in [3.63, 3.8) is 0 Å². The number of hydrogen-bond donors (Lipinski definition) is 3. The predicted octanol–water partition coefficient (Wildman–Crippen LogP) is 3.04. The number of alkyl halides is 3. The molecule has 0 radical (unpaired) electrons. The first-order valence-electron chi connectivity index (χ1n) is 9.95. The standard InChI is InChI=1S/C20H17Cl2F3N6O3/c21-10-5-12(17(32)13(22)6-10)18(33)28-11-3-4-30(8-11)16-2-1-15-26-7-14(31(15)29-16)19(34)27-9-20(23,24)25/h1-2,5-7,11,32H,3-4,8-9H2,(H,27,34)(H,28,33)/t11-/m0/s1. The number of nitrogens with zero attached hydrogens (tertiary/aromatic N) is 4. The van der Waals surface area contributed by atoms with E-state index in [0.29, 0.717) is 31.0 Å². The van der Waals surface area contributed by atoms with Gasteiger partial charge >= 0.3 is 6.18 Å². The number of amides is 2. The van der Waals surface area contributed by atoms with E-state index in [9.17, 15) is 27.9 Å². The van der Waals surface area contributed by atoms with Crippen LogP contribution in [0, 0.1) is 0 Å². The monoisotopic (exact) mass is 516 g/mol. The Labute approximate surface area is 200 Å². The summed E-state index contributed by atoms with van der Waals surface area (Å²) < 4.78 is 38.4. The van der Waals surface area contributed by atoms with Crippen LogP contribution in [0.25, 0.3) is 5.65 Å². The van der Waals surface area contributed by atoms with Crippen LogP contribution in [0.4, 0.5) is 19.0 Å². The van der Waals surface area contributed by atoms with E-state index in [1.54, 1.807) is 17.4 Å². The number of anilines is 1. The number of fused-ring (bicyclic) bond motifs is 1. The summed E-state index contributed by atoms with van der Waals surface area (Å²) in [5.74, 6) is -1.43.